The number of para-hydroxylation sites is 2. The van der Waals surface area contributed by atoms with Crippen molar-refractivity contribution in [3.63, 3.8) is 0 Å². The van der Waals surface area contributed by atoms with Crippen molar-refractivity contribution in [2.24, 2.45) is 0 Å². The Morgan fingerprint density at radius 1 is 1.53 bits per heavy atom. The molecule has 0 radical (unpaired) electrons. The summed E-state index contributed by atoms with van der Waals surface area (Å²) in [5.41, 5.74) is 0.907. The summed E-state index contributed by atoms with van der Waals surface area (Å²) in [7, 11) is 1.83. The maximum atomic E-state index is 10.6. The summed E-state index contributed by atoms with van der Waals surface area (Å²) >= 11 is 0. The zero-order valence-electron chi connectivity index (χ0n) is 8.77. The molecule has 1 aliphatic heterocycles. The third-order valence-corrected chi connectivity index (χ3v) is 2.25. The van der Waals surface area contributed by atoms with Gasteiger partial charge in [0, 0.05) is 7.05 Å². The van der Waals surface area contributed by atoms with Gasteiger partial charge in [-0.1, -0.05) is 12.1 Å². The number of carboxylic acids is 1. The van der Waals surface area contributed by atoms with Crippen LogP contribution in [0.25, 0.3) is 0 Å². The molecular formula is C10H10LiNO3. The van der Waals surface area contributed by atoms with Crippen LogP contribution in [-0.4, -0.2) is 25.7 Å². The zero-order chi connectivity index (χ0) is 10.1. The van der Waals surface area contributed by atoms with E-state index in [4.69, 9.17) is 4.74 Å². The van der Waals surface area contributed by atoms with Crippen LogP contribution >= 0.6 is 0 Å². The third kappa shape index (κ3) is 2.28. The molecule has 5 heteroatoms. The van der Waals surface area contributed by atoms with Gasteiger partial charge in [0.25, 0.3) is 0 Å². The van der Waals surface area contributed by atoms with Gasteiger partial charge in [0.1, 0.15) is 5.75 Å². The number of aliphatic carboxylic acids is 1. The number of carbonyl (C=O) groups excluding carboxylic acids is 1. The number of hydrogen-bond donors (Lipinski definition) is 0. The summed E-state index contributed by atoms with van der Waals surface area (Å²) in [6.45, 7) is 0.319. The minimum Gasteiger partial charge on any atom is -0.546 e. The number of ether oxygens (including phenoxy) is 1. The number of carbonyl (C=O) groups is 1. The third-order valence-electron chi connectivity index (χ3n) is 2.25. The van der Waals surface area contributed by atoms with Gasteiger partial charge >= 0.3 is 18.9 Å². The van der Waals surface area contributed by atoms with Gasteiger partial charge in [-0.15, -0.1) is 0 Å². The Morgan fingerprint density at radius 3 is 2.87 bits per heavy atom. The molecule has 0 fully saturated rings. The number of fused-ring (bicyclic) bond motifs is 1. The SMILES string of the molecule is CN1CC(C(=O)[O-])Oc2ccccc21.[Li+]. The standard InChI is InChI=1S/C10H11NO3.Li/c1-11-6-9(10(12)13)14-8-5-3-2-4-7(8)11;/h2-5,9H,6H2,1H3,(H,12,13);/q;+1/p-1. The maximum Gasteiger partial charge on any atom is 1.00 e. The molecule has 0 bridgehead atoms. The number of likely N-dealkylation sites (N-methyl/N-ethyl adjacent to an activating group) is 1. The van der Waals surface area contributed by atoms with Crippen LogP contribution in [0.15, 0.2) is 24.3 Å². The van der Waals surface area contributed by atoms with E-state index in [-0.39, 0.29) is 18.9 Å². The fraction of sp³-hybridized carbons (Fsp3) is 0.300. The molecule has 1 heterocycles. The topological polar surface area (TPSA) is 52.6 Å². The smallest absolute Gasteiger partial charge is 0.546 e. The van der Waals surface area contributed by atoms with Crippen LogP contribution in [0, 0.1) is 0 Å². The predicted octanol–water partition coefficient (Wildman–Crippen LogP) is -3.36. The number of nitrogens with zero attached hydrogens (tertiary/aromatic N) is 1. The summed E-state index contributed by atoms with van der Waals surface area (Å²) in [5.74, 6) is -0.582. The molecule has 2 rings (SSSR count). The summed E-state index contributed by atoms with van der Waals surface area (Å²) < 4.78 is 5.26. The minimum absolute atomic E-state index is 0. The second-order valence-electron chi connectivity index (χ2n) is 3.27. The van der Waals surface area contributed by atoms with E-state index in [9.17, 15) is 9.90 Å². The molecule has 0 N–H and O–H groups in total. The van der Waals surface area contributed by atoms with E-state index in [1.165, 1.54) is 0 Å². The first kappa shape index (κ1) is 12.0. The van der Waals surface area contributed by atoms with Crippen molar-refractivity contribution in [2.45, 2.75) is 6.10 Å². The van der Waals surface area contributed by atoms with Crippen molar-refractivity contribution in [3.8, 4) is 5.75 Å². The molecule has 0 aromatic heterocycles. The largest absolute Gasteiger partial charge is 1.00 e. The molecule has 74 valence electrons. The van der Waals surface area contributed by atoms with Crippen molar-refractivity contribution >= 4 is 11.7 Å². The summed E-state index contributed by atoms with van der Waals surface area (Å²) in [4.78, 5) is 12.5. The van der Waals surface area contributed by atoms with Crippen molar-refractivity contribution < 1.29 is 33.5 Å². The average molecular weight is 199 g/mol. The fourth-order valence-electron chi connectivity index (χ4n) is 1.53. The monoisotopic (exact) mass is 199 g/mol. The molecule has 0 spiro atoms. The second-order valence-corrected chi connectivity index (χ2v) is 3.27. The molecule has 1 atom stereocenters. The van der Waals surface area contributed by atoms with Crippen LogP contribution in [-0.2, 0) is 4.79 Å². The van der Waals surface area contributed by atoms with E-state index >= 15 is 0 Å². The van der Waals surface area contributed by atoms with Gasteiger partial charge in [0.05, 0.1) is 18.2 Å². The van der Waals surface area contributed by atoms with Crippen LogP contribution < -0.4 is 33.6 Å². The van der Waals surface area contributed by atoms with Gasteiger partial charge in [0.15, 0.2) is 6.10 Å². The van der Waals surface area contributed by atoms with E-state index in [0.717, 1.165) is 5.69 Å². The molecule has 1 aromatic carbocycles. The number of rotatable bonds is 1. The maximum absolute atomic E-state index is 10.6. The quantitative estimate of drug-likeness (QED) is 0.443. The fourth-order valence-corrected chi connectivity index (χ4v) is 1.53. The number of benzene rings is 1. The Kier molecular flexibility index (Phi) is 3.67. The Hall–Kier alpha value is -1.11. The second kappa shape index (κ2) is 4.60. The van der Waals surface area contributed by atoms with E-state index in [1.807, 2.05) is 30.1 Å². The summed E-state index contributed by atoms with van der Waals surface area (Å²) in [6, 6.07) is 7.34. The molecule has 0 amide bonds. The van der Waals surface area contributed by atoms with E-state index < -0.39 is 12.1 Å². The Bertz CT molecular complexity index is 369. The normalized spacial score (nSPS) is 18.5. The predicted molar refractivity (Wildman–Crippen MR) is 49.1 cm³/mol. The van der Waals surface area contributed by atoms with Gasteiger partial charge in [-0.05, 0) is 12.1 Å². The zero-order valence-corrected chi connectivity index (χ0v) is 8.77. The molecule has 0 saturated heterocycles. The molecule has 0 saturated carbocycles. The summed E-state index contributed by atoms with van der Waals surface area (Å²) in [6.07, 6.45) is -0.880. The van der Waals surface area contributed by atoms with Crippen LogP contribution in [0.4, 0.5) is 5.69 Å². The van der Waals surface area contributed by atoms with Crippen molar-refractivity contribution in [3.05, 3.63) is 24.3 Å². The van der Waals surface area contributed by atoms with Crippen molar-refractivity contribution in [1.82, 2.24) is 0 Å². The first-order chi connectivity index (χ1) is 6.68. The first-order valence-corrected chi connectivity index (χ1v) is 4.36. The molecule has 1 aromatic rings. The average Bonchev–Trinajstić information content (AvgIpc) is 2.17. The molecule has 1 unspecified atom stereocenters. The first-order valence-electron chi connectivity index (χ1n) is 4.36. The minimum atomic E-state index is -1.17. The van der Waals surface area contributed by atoms with Gasteiger partial charge in [-0.3, -0.25) is 0 Å². The number of anilines is 1. The van der Waals surface area contributed by atoms with Gasteiger partial charge < -0.3 is 19.5 Å². The summed E-state index contributed by atoms with van der Waals surface area (Å²) in [5, 5.41) is 10.6. The molecular weight excluding hydrogens is 189 g/mol. The molecule has 4 nitrogen and oxygen atoms in total. The van der Waals surface area contributed by atoms with Gasteiger partial charge in [-0.2, -0.15) is 0 Å². The number of carboxylic acid groups (broad SMARTS) is 1. The van der Waals surface area contributed by atoms with Crippen molar-refractivity contribution in [1.29, 1.82) is 0 Å². The van der Waals surface area contributed by atoms with Gasteiger partial charge in [0.2, 0.25) is 0 Å². The van der Waals surface area contributed by atoms with E-state index in [2.05, 4.69) is 0 Å². The van der Waals surface area contributed by atoms with E-state index in [0.29, 0.717) is 12.3 Å². The van der Waals surface area contributed by atoms with Crippen LogP contribution in [0.1, 0.15) is 0 Å². The van der Waals surface area contributed by atoms with E-state index in [1.54, 1.807) is 6.07 Å². The Balaban J connectivity index is 0.00000112. The molecule has 0 aliphatic carbocycles. The Labute approximate surface area is 100 Å². The van der Waals surface area contributed by atoms with Gasteiger partial charge in [-0.25, -0.2) is 0 Å². The molecule has 15 heavy (non-hydrogen) atoms. The van der Waals surface area contributed by atoms with Crippen molar-refractivity contribution in [2.75, 3.05) is 18.5 Å². The number of hydrogen-bond acceptors (Lipinski definition) is 4. The van der Waals surface area contributed by atoms with Crippen LogP contribution in [0.5, 0.6) is 5.75 Å². The molecule has 1 aliphatic rings. The Morgan fingerprint density at radius 2 is 2.20 bits per heavy atom. The van der Waals surface area contributed by atoms with Crippen LogP contribution in [0.3, 0.4) is 0 Å². The van der Waals surface area contributed by atoms with Crippen LogP contribution in [0.2, 0.25) is 0 Å².